The fourth-order valence-corrected chi connectivity index (χ4v) is 2.50. The molecule has 21 heavy (non-hydrogen) atoms. The van der Waals surface area contributed by atoms with E-state index in [9.17, 15) is 9.59 Å². The monoisotopic (exact) mass is 287 g/mol. The molecular weight excluding hydrogens is 266 g/mol. The van der Waals surface area contributed by atoms with E-state index < -0.39 is 0 Å². The number of carbonyl (C=O) groups excluding carboxylic acids is 2. The van der Waals surface area contributed by atoms with Crippen LogP contribution >= 0.6 is 0 Å². The molecule has 0 bridgehead atoms. The van der Waals surface area contributed by atoms with Crippen molar-refractivity contribution in [2.75, 3.05) is 7.11 Å². The molecule has 0 saturated carbocycles. The standard InChI is InChI=1S/C17H21NO3/c1-21-16(19)12-11-15(13-7-3-2-4-8-13)18-17(20)14-9-5-6-10-14/h2-4,7-9,15H,5-6,10-12H2,1H3,(H,18,20). The Kier molecular flexibility index (Phi) is 5.55. The molecule has 1 aromatic carbocycles. The van der Waals surface area contributed by atoms with E-state index in [2.05, 4.69) is 10.1 Å². The van der Waals surface area contributed by atoms with Crippen LogP contribution in [0.2, 0.25) is 0 Å². The number of hydrogen-bond donors (Lipinski definition) is 1. The first-order valence-corrected chi connectivity index (χ1v) is 7.32. The topological polar surface area (TPSA) is 55.4 Å². The van der Waals surface area contributed by atoms with Gasteiger partial charge in [-0.1, -0.05) is 36.4 Å². The van der Waals surface area contributed by atoms with Crippen LogP contribution in [-0.4, -0.2) is 19.0 Å². The Hall–Kier alpha value is -2.10. The summed E-state index contributed by atoms with van der Waals surface area (Å²) in [6.07, 6.45) is 5.68. The molecule has 0 aliphatic heterocycles. The molecule has 112 valence electrons. The molecule has 2 rings (SSSR count). The van der Waals surface area contributed by atoms with Gasteiger partial charge in [0, 0.05) is 12.0 Å². The van der Waals surface area contributed by atoms with Crippen molar-refractivity contribution in [2.24, 2.45) is 0 Å². The van der Waals surface area contributed by atoms with Gasteiger partial charge in [-0.25, -0.2) is 0 Å². The van der Waals surface area contributed by atoms with Crippen molar-refractivity contribution in [1.82, 2.24) is 5.32 Å². The summed E-state index contributed by atoms with van der Waals surface area (Å²) in [5.41, 5.74) is 1.86. The summed E-state index contributed by atoms with van der Waals surface area (Å²) in [6, 6.07) is 9.56. The number of nitrogens with one attached hydrogen (secondary N) is 1. The molecule has 0 spiro atoms. The molecule has 4 nitrogen and oxygen atoms in total. The van der Waals surface area contributed by atoms with Crippen molar-refractivity contribution >= 4 is 11.9 Å². The lowest BCUT2D eigenvalue weighted by Gasteiger charge is -2.19. The molecule has 0 saturated heterocycles. The average Bonchev–Trinajstić information content (AvgIpc) is 3.06. The van der Waals surface area contributed by atoms with Crippen molar-refractivity contribution in [3.63, 3.8) is 0 Å². The van der Waals surface area contributed by atoms with Gasteiger partial charge in [0.2, 0.25) is 5.91 Å². The first kappa shape index (κ1) is 15.3. The van der Waals surface area contributed by atoms with Gasteiger partial charge in [0.25, 0.3) is 0 Å². The van der Waals surface area contributed by atoms with E-state index in [0.29, 0.717) is 6.42 Å². The van der Waals surface area contributed by atoms with Gasteiger partial charge in [0.05, 0.1) is 13.2 Å². The third-order valence-corrected chi connectivity index (χ3v) is 3.70. The minimum absolute atomic E-state index is 0.0220. The van der Waals surface area contributed by atoms with Gasteiger partial charge in [0.15, 0.2) is 0 Å². The highest BCUT2D eigenvalue weighted by atomic mass is 16.5. The second kappa shape index (κ2) is 7.62. The van der Waals surface area contributed by atoms with Gasteiger partial charge in [-0.05, 0) is 31.2 Å². The van der Waals surface area contributed by atoms with Crippen LogP contribution in [0, 0.1) is 0 Å². The first-order chi connectivity index (χ1) is 10.2. The summed E-state index contributed by atoms with van der Waals surface area (Å²) in [7, 11) is 1.38. The Labute approximate surface area is 125 Å². The number of carbonyl (C=O) groups is 2. The van der Waals surface area contributed by atoms with E-state index in [4.69, 9.17) is 0 Å². The number of ether oxygens (including phenoxy) is 1. The van der Waals surface area contributed by atoms with Gasteiger partial charge >= 0.3 is 5.97 Å². The van der Waals surface area contributed by atoms with E-state index in [-0.39, 0.29) is 24.3 Å². The van der Waals surface area contributed by atoms with Crippen molar-refractivity contribution in [1.29, 1.82) is 0 Å². The van der Waals surface area contributed by atoms with Gasteiger partial charge in [-0.2, -0.15) is 0 Å². The number of methoxy groups -OCH3 is 1. The minimum Gasteiger partial charge on any atom is -0.469 e. The van der Waals surface area contributed by atoms with Gasteiger partial charge < -0.3 is 10.1 Å². The number of allylic oxidation sites excluding steroid dienone is 1. The third-order valence-electron chi connectivity index (χ3n) is 3.70. The van der Waals surface area contributed by atoms with Crippen LogP contribution in [0.15, 0.2) is 42.0 Å². The maximum Gasteiger partial charge on any atom is 0.305 e. The highest BCUT2D eigenvalue weighted by Crippen LogP contribution is 2.22. The van der Waals surface area contributed by atoms with Crippen LogP contribution in [0.25, 0.3) is 0 Å². The van der Waals surface area contributed by atoms with Crippen LogP contribution in [0.4, 0.5) is 0 Å². The Morgan fingerprint density at radius 2 is 2.05 bits per heavy atom. The summed E-state index contributed by atoms with van der Waals surface area (Å²) in [4.78, 5) is 23.6. The first-order valence-electron chi connectivity index (χ1n) is 7.32. The Balaban J connectivity index is 2.04. The smallest absolute Gasteiger partial charge is 0.305 e. The molecule has 0 aromatic heterocycles. The molecule has 1 aromatic rings. The van der Waals surface area contributed by atoms with Gasteiger partial charge in [-0.15, -0.1) is 0 Å². The largest absolute Gasteiger partial charge is 0.469 e. The second-order valence-corrected chi connectivity index (χ2v) is 5.17. The quantitative estimate of drug-likeness (QED) is 0.818. The molecule has 1 aliphatic rings. The zero-order valence-corrected chi connectivity index (χ0v) is 12.3. The molecule has 4 heteroatoms. The van der Waals surface area contributed by atoms with Crippen LogP contribution in [0.3, 0.4) is 0 Å². The maximum atomic E-state index is 12.2. The predicted molar refractivity (Wildman–Crippen MR) is 80.5 cm³/mol. The molecule has 1 aliphatic carbocycles. The van der Waals surface area contributed by atoms with Crippen LogP contribution < -0.4 is 5.32 Å². The highest BCUT2D eigenvalue weighted by Gasteiger charge is 2.19. The summed E-state index contributed by atoms with van der Waals surface area (Å²) in [5.74, 6) is -0.281. The van der Waals surface area contributed by atoms with Crippen molar-refractivity contribution in [3.05, 3.63) is 47.5 Å². The number of benzene rings is 1. The van der Waals surface area contributed by atoms with E-state index in [1.165, 1.54) is 7.11 Å². The van der Waals surface area contributed by atoms with Crippen molar-refractivity contribution in [2.45, 2.75) is 38.1 Å². The van der Waals surface area contributed by atoms with Crippen molar-refractivity contribution < 1.29 is 14.3 Å². The van der Waals surface area contributed by atoms with Gasteiger partial charge in [-0.3, -0.25) is 9.59 Å². The zero-order chi connectivity index (χ0) is 15.1. The zero-order valence-electron chi connectivity index (χ0n) is 12.3. The summed E-state index contributed by atoms with van der Waals surface area (Å²) < 4.78 is 4.68. The maximum absolute atomic E-state index is 12.2. The molecule has 0 heterocycles. The molecule has 0 fully saturated rings. The average molecular weight is 287 g/mol. The lowest BCUT2D eigenvalue weighted by Crippen LogP contribution is -2.30. The molecule has 1 unspecified atom stereocenters. The fraction of sp³-hybridized carbons (Fsp3) is 0.412. The summed E-state index contributed by atoms with van der Waals surface area (Å²) in [5, 5.41) is 3.04. The Morgan fingerprint density at radius 3 is 2.67 bits per heavy atom. The lowest BCUT2D eigenvalue weighted by molar-refractivity contribution is -0.141. The van der Waals surface area contributed by atoms with Crippen LogP contribution in [0.5, 0.6) is 0 Å². The summed E-state index contributed by atoms with van der Waals surface area (Å²) >= 11 is 0. The molecule has 0 radical (unpaired) electrons. The highest BCUT2D eigenvalue weighted by molar-refractivity contribution is 5.94. The molecule has 1 atom stereocenters. The fourth-order valence-electron chi connectivity index (χ4n) is 2.50. The minimum atomic E-state index is -0.259. The number of amides is 1. The molecular formula is C17H21NO3. The van der Waals surface area contributed by atoms with Crippen LogP contribution in [0.1, 0.15) is 43.7 Å². The Morgan fingerprint density at radius 1 is 1.29 bits per heavy atom. The number of esters is 1. The van der Waals surface area contributed by atoms with E-state index >= 15 is 0 Å². The van der Waals surface area contributed by atoms with E-state index in [0.717, 1.165) is 30.4 Å². The van der Waals surface area contributed by atoms with Crippen molar-refractivity contribution in [3.8, 4) is 0 Å². The van der Waals surface area contributed by atoms with E-state index in [1.54, 1.807) is 0 Å². The summed E-state index contributed by atoms with van der Waals surface area (Å²) in [6.45, 7) is 0. The number of hydrogen-bond acceptors (Lipinski definition) is 3. The van der Waals surface area contributed by atoms with Crippen LogP contribution in [-0.2, 0) is 14.3 Å². The second-order valence-electron chi connectivity index (χ2n) is 5.17. The van der Waals surface area contributed by atoms with Gasteiger partial charge in [0.1, 0.15) is 0 Å². The third kappa shape index (κ3) is 4.45. The molecule has 1 amide bonds. The molecule has 1 N–H and O–H groups in total. The normalized spacial score (nSPS) is 15.2. The predicted octanol–water partition coefficient (Wildman–Crippen LogP) is 2.91. The SMILES string of the molecule is COC(=O)CCC(NC(=O)C1=CCCC1)c1ccccc1. The van der Waals surface area contributed by atoms with E-state index in [1.807, 2.05) is 36.4 Å². The Bertz CT molecular complexity index is 522. The number of rotatable bonds is 6. The lowest BCUT2D eigenvalue weighted by atomic mass is 10.0.